The summed E-state index contributed by atoms with van der Waals surface area (Å²) in [6.45, 7) is 5.58. The number of halogens is 1. The zero-order valence-electron chi connectivity index (χ0n) is 12.1. The maximum Gasteiger partial charge on any atom is 0.260 e. The fourth-order valence-corrected chi connectivity index (χ4v) is 1.95. The van der Waals surface area contributed by atoms with Crippen LogP contribution in [0.2, 0.25) is 5.02 Å². The standard InChI is InChI=1S/C15H22ClNO3/c1-4-9-15(3,19)10-17-14(18)11(2)20-13-7-5-12(16)6-8-13/h5-8,11,19H,4,9-10H2,1-3H3,(H,17,18). The van der Waals surface area contributed by atoms with Crippen LogP contribution in [0.25, 0.3) is 0 Å². The number of amides is 1. The molecule has 4 nitrogen and oxygen atoms in total. The number of hydrogen-bond acceptors (Lipinski definition) is 3. The highest BCUT2D eigenvalue weighted by atomic mass is 35.5. The van der Waals surface area contributed by atoms with Crippen LogP contribution < -0.4 is 10.1 Å². The summed E-state index contributed by atoms with van der Waals surface area (Å²) >= 11 is 5.78. The van der Waals surface area contributed by atoms with Gasteiger partial charge in [0.25, 0.3) is 5.91 Å². The van der Waals surface area contributed by atoms with Gasteiger partial charge in [0.1, 0.15) is 5.75 Å². The maximum absolute atomic E-state index is 11.9. The lowest BCUT2D eigenvalue weighted by Crippen LogP contribution is -2.45. The minimum Gasteiger partial charge on any atom is -0.481 e. The first-order valence-electron chi connectivity index (χ1n) is 6.76. The Hall–Kier alpha value is -1.26. The number of carbonyl (C=O) groups excluding carboxylic acids is 1. The van der Waals surface area contributed by atoms with Crippen molar-refractivity contribution < 1.29 is 14.6 Å². The molecule has 2 unspecified atom stereocenters. The molecule has 1 amide bonds. The Labute approximate surface area is 125 Å². The van der Waals surface area contributed by atoms with E-state index in [4.69, 9.17) is 16.3 Å². The quantitative estimate of drug-likeness (QED) is 0.814. The minimum atomic E-state index is -0.885. The largest absolute Gasteiger partial charge is 0.481 e. The molecular formula is C15H22ClNO3. The summed E-state index contributed by atoms with van der Waals surface area (Å²) in [6, 6.07) is 6.82. The first-order chi connectivity index (χ1) is 9.34. The van der Waals surface area contributed by atoms with Crippen LogP contribution in [0.15, 0.2) is 24.3 Å². The molecule has 5 heteroatoms. The fourth-order valence-electron chi connectivity index (χ4n) is 1.82. The Morgan fingerprint density at radius 3 is 2.60 bits per heavy atom. The lowest BCUT2D eigenvalue weighted by Gasteiger charge is -2.24. The summed E-state index contributed by atoms with van der Waals surface area (Å²) in [5, 5.41) is 13.3. The van der Waals surface area contributed by atoms with Gasteiger partial charge in [0.2, 0.25) is 0 Å². The third kappa shape index (κ3) is 5.80. The molecule has 0 aromatic heterocycles. The molecule has 0 aliphatic carbocycles. The van der Waals surface area contributed by atoms with Crippen molar-refractivity contribution in [3.05, 3.63) is 29.3 Å². The van der Waals surface area contributed by atoms with Crippen LogP contribution in [-0.2, 0) is 4.79 Å². The molecule has 0 saturated carbocycles. The molecule has 0 fully saturated rings. The molecule has 1 aromatic rings. The zero-order valence-corrected chi connectivity index (χ0v) is 12.9. The van der Waals surface area contributed by atoms with Crippen LogP contribution in [0, 0.1) is 0 Å². The van der Waals surface area contributed by atoms with Crippen LogP contribution in [0.4, 0.5) is 0 Å². The molecule has 2 atom stereocenters. The molecule has 2 N–H and O–H groups in total. The number of carbonyl (C=O) groups is 1. The number of rotatable bonds is 7. The highest BCUT2D eigenvalue weighted by Crippen LogP contribution is 2.17. The van der Waals surface area contributed by atoms with Gasteiger partial charge < -0.3 is 15.2 Å². The number of nitrogens with one attached hydrogen (secondary N) is 1. The predicted molar refractivity (Wildman–Crippen MR) is 80.1 cm³/mol. The maximum atomic E-state index is 11.9. The predicted octanol–water partition coefficient (Wildman–Crippen LogP) is 2.77. The Balaban J connectivity index is 2.45. The van der Waals surface area contributed by atoms with Crippen LogP contribution in [-0.4, -0.2) is 29.3 Å². The van der Waals surface area contributed by atoms with E-state index >= 15 is 0 Å². The first kappa shape index (κ1) is 16.8. The number of aliphatic hydroxyl groups is 1. The average molecular weight is 300 g/mol. The second-order valence-electron chi connectivity index (χ2n) is 5.18. The van der Waals surface area contributed by atoms with Crippen molar-refractivity contribution in [3.8, 4) is 5.75 Å². The molecule has 0 saturated heterocycles. The summed E-state index contributed by atoms with van der Waals surface area (Å²) in [7, 11) is 0. The van der Waals surface area contributed by atoms with Gasteiger partial charge in [-0.1, -0.05) is 24.9 Å². The van der Waals surface area contributed by atoms with Crippen LogP contribution in [0.5, 0.6) is 5.75 Å². The molecule has 1 rings (SSSR count). The summed E-state index contributed by atoms with van der Waals surface area (Å²) in [5.41, 5.74) is -0.885. The summed E-state index contributed by atoms with van der Waals surface area (Å²) < 4.78 is 5.50. The molecule has 1 aromatic carbocycles. The van der Waals surface area contributed by atoms with Crippen molar-refractivity contribution in [1.29, 1.82) is 0 Å². The lowest BCUT2D eigenvalue weighted by atomic mass is 10.0. The van der Waals surface area contributed by atoms with Gasteiger partial charge in [-0.25, -0.2) is 0 Å². The Morgan fingerprint density at radius 1 is 1.45 bits per heavy atom. The van der Waals surface area contributed by atoms with Gasteiger partial charge in [0, 0.05) is 11.6 Å². The summed E-state index contributed by atoms with van der Waals surface area (Å²) in [6.07, 6.45) is 0.868. The van der Waals surface area contributed by atoms with E-state index in [1.54, 1.807) is 38.1 Å². The first-order valence-corrected chi connectivity index (χ1v) is 7.14. The van der Waals surface area contributed by atoms with Crippen molar-refractivity contribution in [2.45, 2.75) is 45.3 Å². The smallest absolute Gasteiger partial charge is 0.260 e. The van der Waals surface area contributed by atoms with Crippen molar-refractivity contribution in [2.75, 3.05) is 6.54 Å². The van der Waals surface area contributed by atoms with E-state index in [-0.39, 0.29) is 12.5 Å². The highest BCUT2D eigenvalue weighted by molar-refractivity contribution is 6.30. The second-order valence-corrected chi connectivity index (χ2v) is 5.62. The van der Waals surface area contributed by atoms with E-state index in [1.165, 1.54) is 0 Å². The molecule has 112 valence electrons. The van der Waals surface area contributed by atoms with E-state index in [1.807, 2.05) is 6.92 Å². The Bertz CT molecular complexity index is 431. The van der Waals surface area contributed by atoms with Crippen LogP contribution in [0.1, 0.15) is 33.6 Å². The van der Waals surface area contributed by atoms with E-state index < -0.39 is 11.7 Å². The SMILES string of the molecule is CCCC(C)(O)CNC(=O)C(C)Oc1ccc(Cl)cc1. The van der Waals surface area contributed by atoms with Crippen LogP contribution in [0.3, 0.4) is 0 Å². The van der Waals surface area contributed by atoms with Gasteiger partial charge in [-0.2, -0.15) is 0 Å². The Morgan fingerprint density at radius 2 is 2.05 bits per heavy atom. The lowest BCUT2D eigenvalue weighted by molar-refractivity contribution is -0.128. The third-order valence-electron chi connectivity index (χ3n) is 2.93. The molecule has 0 aliphatic rings. The van der Waals surface area contributed by atoms with Gasteiger partial charge in [-0.3, -0.25) is 4.79 Å². The highest BCUT2D eigenvalue weighted by Gasteiger charge is 2.22. The monoisotopic (exact) mass is 299 g/mol. The average Bonchev–Trinajstić information content (AvgIpc) is 2.38. The van der Waals surface area contributed by atoms with E-state index in [2.05, 4.69) is 5.32 Å². The van der Waals surface area contributed by atoms with E-state index in [0.29, 0.717) is 17.2 Å². The van der Waals surface area contributed by atoms with Gasteiger partial charge in [-0.15, -0.1) is 0 Å². The summed E-state index contributed by atoms with van der Waals surface area (Å²) in [4.78, 5) is 11.9. The van der Waals surface area contributed by atoms with E-state index in [0.717, 1.165) is 6.42 Å². The van der Waals surface area contributed by atoms with Gasteiger partial charge in [-0.05, 0) is 44.5 Å². The summed E-state index contributed by atoms with van der Waals surface area (Å²) in [5.74, 6) is 0.327. The van der Waals surface area contributed by atoms with E-state index in [9.17, 15) is 9.90 Å². The van der Waals surface area contributed by atoms with Crippen LogP contribution >= 0.6 is 11.6 Å². The molecule has 20 heavy (non-hydrogen) atoms. The number of ether oxygens (including phenoxy) is 1. The molecule has 0 radical (unpaired) electrons. The topological polar surface area (TPSA) is 58.6 Å². The Kier molecular flexibility index (Phi) is 6.30. The number of hydrogen-bond donors (Lipinski definition) is 2. The molecular weight excluding hydrogens is 278 g/mol. The fraction of sp³-hybridized carbons (Fsp3) is 0.533. The molecule has 0 spiro atoms. The normalized spacial score (nSPS) is 15.2. The minimum absolute atomic E-state index is 0.216. The van der Waals surface area contributed by atoms with Crippen molar-refractivity contribution >= 4 is 17.5 Å². The second kappa shape index (κ2) is 7.50. The molecule has 0 bridgehead atoms. The van der Waals surface area contributed by atoms with Gasteiger partial charge in [0.15, 0.2) is 6.10 Å². The number of benzene rings is 1. The third-order valence-corrected chi connectivity index (χ3v) is 3.18. The van der Waals surface area contributed by atoms with Gasteiger partial charge in [0.05, 0.1) is 5.60 Å². The van der Waals surface area contributed by atoms with Crippen molar-refractivity contribution in [2.24, 2.45) is 0 Å². The zero-order chi connectivity index (χ0) is 15.2. The van der Waals surface area contributed by atoms with Gasteiger partial charge >= 0.3 is 0 Å². The molecule has 0 aliphatic heterocycles. The van der Waals surface area contributed by atoms with Crippen molar-refractivity contribution in [3.63, 3.8) is 0 Å². The van der Waals surface area contributed by atoms with Crippen molar-refractivity contribution in [1.82, 2.24) is 5.32 Å². The molecule has 0 heterocycles.